The van der Waals surface area contributed by atoms with Crippen LogP contribution < -0.4 is 37.2 Å². The van der Waals surface area contributed by atoms with E-state index in [2.05, 4.69) is 115 Å². The van der Waals surface area contributed by atoms with E-state index >= 15 is 0 Å². The zero-order valence-corrected chi connectivity index (χ0v) is 61.0. The summed E-state index contributed by atoms with van der Waals surface area (Å²) in [5.41, 5.74) is 9.38. The Morgan fingerprint density at radius 3 is 1.33 bits per heavy atom. The van der Waals surface area contributed by atoms with E-state index in [1.807, 2.05) is 75.5 Å². The Morgan fingerprint density at radius 2 is 0.885 bits per heavy atom. The Labute approximate surface area is 618 Å². The van der Waals surface area contributed by atoms with E-state index < -0.39 is 35.1 Å². The number of hydrogen-bond acceptors (Lipinski definition) is 20. The van der Waals surface area contributed by atoms with E-state index in [1.165, 1.54) is 51.7 Å². The highest BCUT2D eigenvalue weighted by atomic mass is 32.1. The molecule has 3 amide bonds. The first-order valence-corrected chi connectivity index (χ1v) is 32.6. The highest BCUT2D eigenvalue weighted by molar-refractivity contribution is 7.59. The fourth-order valence-electron chi connectivity index (χ4n) is 11.3. The van der Waals surface area contributed by atoms with Crippen molar-refractivity contribution in [3.63, 3.8) is 0 Å². The number of rotatable bonds is 21. The fraction of sp³-hybridized carbons (Fsp3) is 0.243. The van der Waals surface area contributed by atoms with Crippen LogP contribution in [0.5, 0.6) is 0 Å². The topological polar surface area (TPSA) is 303 Å². The summed E-state index contributed by atoms with van der Waals surface area (Å²) in [6.07, 6.45) is 17.7. The van der Waals surface area contributed by atoms with Crippen LogP contribution in [-0.2, 0) is 0 Å². The molecule has 9 heterocycles. The van der Waals surface area contributed by atoms with Crippen molar-refractivity contribution < 1.29 is 31.9 Å². The average molecular weight is 1470 g/mol. The van der Waals surface area contributed by atoms with Gasteiger partial charge in [-0.05, 0) is 91.8 Å². The standard InChI is InChI=1S/C27H29N7O.C24H22F2N6O.C23H21F2N7O.3H2S/c1-17(20-4-3-5-21-22(27(35)28-2)10-11-29-26(20)21)13-30-25-12-23(33-16-34-25)19-8-9-24(32-15-19)31-14-18-6-7-18;1-13(9-29-20-8-19(31-12-32-20)15-5-4-14(2)28-10-15)16-6-7-17(25)21-22(24(33)27-3)18(26)11-30-23(16)21;1-12(7-29-19-6-18(31-11-32-19)14-8-27-13(2)28-9-14)15-4-5-16(24)20-21(23(33)26-3)17(25)10-30-22(15)20;;;/h3-5,8-12,15-18H,6-7,13-14H2,1-2H3,(H,28,35)(H,31,32)(H,30,33,34);4-8,10-13H,9H2,1-3H3,(H,27,33)(H,29,31,32);4-6,8-12H,7H2,1-3H3,(H,26,33)(H,29,31,32);3*1H2/t17-;13-;12-;;;/m111.../s1. The SMILES string of the molecule is CNC(=O)c1c(F)cnc2c([C@H](C)CNc3cc(-c4ccc(C)nc4)ncn3)ccc(F)c12.CNC(=O)c1c(F)cnc2c([C@H](C)CNc3cc(-c4cnc(C)nc4)ncn3)ccc(F)c12.CNC(=O)c1ccnc2c([C@H](C)CNc3cc(-c4ccc(NCC5CC5)nc4)ncn3)cccc12.S.S.S. The molecule has 13 rings (SSSR count). The summed E-state index contributed by atoms with van der Waals surface area (Å²) in [5.74, 6) is -0.555. The third kappa shape index (κ3) is 18.8. The number of hydrogen-bond donors (Lipinski definition) is 7. The normalized spacial score (nSPS) is 12.2. The molecule has 3 atom stereocenters. The monoisotopic (exact) mass is 1470 g/mol. The number of amides is 3. The molecule has 0 unspecified atom stereocenters. The van der Waals surface area contributed by atoms with Crippen LogP contribution in [0, 0.1) is 43.0 Å². The van der Waals surface area contributed by atoms with Crippen molar-refractivity contribution >= 4 is 114 Å². The van der Waals surface area contributed by atoms with Crippen LogP contribution >= 0.6 is 40.5 Å². The lowest BCUT2D eigenvalue weighted by atomic mass is 9.95. The maximum absolute atomic E-state index is 14.6. The number of aromatic nitrogens is 13. The maximum Gasteiger partial charge on any atom is 0.254 e. The lowest BCUT2D eigenvalue weighted by Crippen LogP contribution is -2.21. The zero-order valence-electron chi connectivity index (χ0n) is 58.0. The van der Waals surface area contributed by atoms with Gasteiger partial charge in [0, 0.05) is 142 Å². The van der Waals surface area contributed by atoms with Gasteiger partial charge in [-0.2, -0.15) is 40.5 Å². The van der Waals surface area contributed by atoms with E-state index in [1.54, 1.807) is 69.4 Å². The molecule has 9 aromatic heterocycles. The van der Waals surface area contributed by atoms with Gasteiger partial charge in [-0.3, -0.25) is 34.3 Å². The Kier molecular flexibility index (Phi) is 27.3. The van der Waals surface area contributed by atoms with Crippen molar-refractivity contribution in [3.05, 3.63) is 222 Å². The minimum absolute atomic E-state index is 0. The minimum Gasteiger partial charge on any atom is -0.370 e. The number of nitrogens with zero attached hydrogens (tertiary/aromatic N) is 13. The maximum atomic E-state index is 14.6. The lowest BCUT2D eigenvalue weighted by Gasteiger charge is -2.17. The molecular weight excluding hydrogens is 1390 g/mol. The molecule has 12 aromatic rings. The van der Waals surface area contributed by atoms with Crippen molar-refractivity contribution in [2.75, 3.05) is 68.6 Å². The number of fused-ring (bicyclic) bond motifs is 3. The smallest absolute Gasteiger partial charge is 0.254 e. The molecule has 1 fully saturated rings. The van der Waals surface area contributed by atoms with Crippen LogP contribution in [0.1, 0.15) is 111 Å². The fourth-order valence-corrected chi connectivity index (χ4v) is 11.3. The molecule has 0 aliphatic heterocycles. The molecule has 1 aliphatic carbocycles. The third-order valence-electron chi connectivity index (χ3n) is 17.1. The number of anilines is 4. The summed E-state index contributed by atoms with van der Waals surface area (Å²) < 4.78 is 57.9. The van der Waals surface area contributed by atoms with Gasteiger partial charge in [0.2, 0.25) is 0 Å². The van der Waals surface area contributed by atoms with Crippen LogP contribution in [0.25, 0.3) is 66.5 Å². The highest BCUT2D eigenvalue weighted by Gasteiger charge is 2.26. The number of aryl methyl sites for hydroxylation is 2. The number of halogens is 4. The van der Waals surface area contributed by atoms with Gasteiger partial charge in [-0.1, -0.05) is 51.1 Å². The van der Waals surface area contributed by atoms with Gasteiger partial charge in [-0.25, -0.2) is 62.4 Å². The summed E-state index contributed by atoms with van der Waals surface area (Å²) >= 11 is 0. The van der Waals surface area contributed by atoms with E-state index in [0.29, 0.717) is 59.5 Å². The summed E-state index contributed by atoms with van der Waals surface area (Å²) in [6, 6.07) is 26.8. The van der Waals surface area contributed by atoms with Crippen molar-refractivity contribution in [3.8, 4) is 33.8 Å². The molecule has 7 N–H and O–H groups in total. The largest absolute Gasteiger partial charge is 0.370 e. The molecule has 3 aromatic carbocycles. The molecular formula is C74H78F4N20O3S3. The predicted octanol–water partition coefficient (Wildman–Crippen LogP) is 12.7. The van der Waals surface area contributed by atoms with Crippen LogP contribution in [-0.4, -0.2) is 130 Å². The molecule has 1 saturated carbocycles. The number of carbonyl (C=O) groups excluding carboxylic acids is 3. The Hall–Kier alpha value is -11.1. The van der Waals surface area contributed by atoms with E-state index in [0.717, 1.165) is 86.7 Å². The van der Waals surface area contributed by atoms with Crippen LogP contribution in [0.2, 0.25) is 0 Å². The Morgan fingerprint density at radius 1 is 0.433 bits per heavy atom. The number of nitrogens with one attached hydrogen (secondary N) is 7. The van der Waals surface area contributed by atoms with Gasteiger partial charge in [0.05, 0.1) is 73.5 Å². The van der Waals surface area contributed by atoms with Gasteiger partial charge in [0.1, 0.15) is 59.7 Å². The first-order valence-electron chi connectivity index (χ1n) is 32.6. The first-order chi connectivity index (χ1) is 48.9. The molecule has 104 heavy (non-hydrogen) atoms. The lowest BCUT2D eigenvalue weighted by molar-refractivity contribution is 0.0952. The third-order valence-corrected chi connectivity index (χ3v) is 17.1. The average Bonchev–Trinajstić information content (AvgIpc) is 1.63. The van der Waals surface area contributed by atoms with Crippen LogP contribution in [0.15, 0.2) is 153 Å². The van der Waals surface area contributed by atoms with Crippen molar-refractivity contribution in [1.82, 2.24) is 80.7 Å². The van der Waals surface area contributed by atoms with Crippen LogP contribution in [0.3, 0.4) is 0 Å². The number of carbonyl (C=O) groups is 3. The van der Waals surface area contributed by atoms with E-state index in [-0.39, 0.29) is 97.1 Å². The molecule has 0 spiro atoms. The quantitative estimate of drug-likeness (QED) is 0.0329. The summed E-state index contributed by atoms with van der Waals surface area (Å²) in [6.45, 7) is 12.2. The minimum atomic E-state index is -0.878. The summed E-state index contributed by atoms with van der Waals surface area (Å²) in [4.78, 5) is 92.5. The van der Waals surface area contributed by atoms with Crippen LogP contribution in [0.4, 0.5) is 40.8 Å². The highest BCUT2D eigenvalue weighted by Crippen LogP contribution is 2.34. The first kappa shape index (κ1) is 78.6. The second-order valence-corrected chi connectivity index (χ2v) is 24.2. The Bertz CT molecular complexity index is 4790. The van der Waals surface area contributed by atoms with E-state index in [4.69, 9.17) is 0 Å². The molecule has 0 radical (unpaired) electrons. The predicted molar refractivity (Wildman–Crippen MR) is 411 cm³/mol. The van der Waals surface area contributed by atoms with Gasteiger partial charge < -0.3 is 37.2 Å². The molecule has 0 saturated heterocycles. The zero-order chi connectivity index (χ0) is 71.3. The summed E-state index contributed by atoms with van der Waals surface area (Å²) in [7, 11) is 4.36. The molecule has 23 nitrogen and oxygen atoms in total. The second kappa shape index (κ2) is 36.2. The second-order valence-electron chi connectivity index (χ2n) is 24.2. The summed E-state index contributed by atoms with van der Waals surface area (Å²) in [5, 5.41) is 21.3. The number of benzene rings is 3. The van der Waals surface area contributed by atoms with Crippen molar-refractivity contribution in [2.45, 2.75) is 65.2 Å². The van der Waals surface area contributed by atoms with Gasteiger partial charge in [0.25, 0.3) is 17.7 Å². The van der Waals surface area contributed by atoms with Gasteiger partial charge >= 0.3 is 0 Å². The van der Waals surface area contributed by atoms with Crippen molar-refractivity contribution in [2.24, 2.45) is 5.92 Å². The van der Waals surface area contributed by atoms with E-state index in [9.17, 15) is 31.9 Å². The number of para-hydroxylation sites is 1. The molecule has 538 valence electrons. The molecule has 30 heteroatoms. The number of pyridine rings is 5. The van der Waals surface area contributed by atoms with Gasteiger partial charge in [-0.15, -0.1) is 0 Å². The Balaban J connectivity index is 0.000000195. The molecule has 1 aliphatic rings. The van der Waals surface area contributed by atoms with Gasteiger partial charge in [0.15, 0.2) is 11.6 Å². The van der Waals surface area contributed by atoms with Crippen molar-refractivity contribution in [1.29, 1.82) is 0 Å². The molecule has 0 bridgehead atoms.